The number of benzene rings is 1. The molecule has 0 saturated carbocycles. The fourth-order valence-electron chi connectivity index (χ4n) is 2.10. The minimum atomic E-state index is 0.462. The molecule has 1 heterocycles. The number of fused-ring (bicyclic) bond motifs is 1. The molecular weight excluding hydrogens is 222 g/mol. The second-order valence-corrected chi connectivity index (χ2v) is 4.19. The lowest BCUT2D eigenvalue weighted by Crippen LogP contribution is -2.24. The highest BCUT2D eigenvalue weighted by Crippen LogP contribution is 2.25. The summed E-state index contributed by atoms with van der Waals surface area (Å²) in [7, 11) is 0. The SMILES string of the molecule is C=CCN(CC)c1nc(CN)cc2ccccc12. The van der Waals surface area contributed by atoms with Crippen LogP contribution >= 0.6 is 0 Å². The van der Waals surface area contributed by atoms with Gasteiger partial charge in [0.25, 0.3) is 0 Å². The average Bonchev–Trinajstić information content (AvgIpc) is 2.43. The molecule has 2 aromatic rings. The van der Waals surface area contributed by atoms with Crippen LogP contribution in [-0.2, 0) is 6.54 Å². The lowest BCUT2D eigenvalue weighted by atomic mass is 10.1. The zero-order valence-corrected chi connectivity index (χ0v) is 10.8. The third-order valence-electron chi connectivity index (χ3n) is 3.01. The summed E-state index contributed by atoms with van der Waals surface area (Å²) in [4.78, 5) is 6.87. The van der Waals surface area contributed by atoms with Gasteiger partial charge in [0.1, 0.15) is 5.82 Å². The minimum absolute atomic E-state index is 0.462. The zero-order chi connectivity index (χ0) is 13.0. The van der Waals surface area contributed by atoms with E-state index < -0.39 is 0 Å². The molecule has 0 radical (unpaired) electrons. The molecule has 0 atom stereocenters. The molecule has 94 valence electrons. The van der Waals surface area contributed by atoms with Crippen LogP contribution in [-0.4, -0.2) is 18.1 Å². The van der Waals surface area contributed by atoms with E-state index in [0.717, 1.165) is 24.6 Å². The largest absolute Gasteiger partial charge is 0.353 e. The van der Waals surface area contributed by atoms with Gasteiger partial charge in [-0.3, -0.25) is 0 Å². The van der Waals surface area contributed by atoms with E-state index in [9.17, 15) is 0 Å². The summed E-state index contributed by atoms with van der Waals surface area (Å²) >= 11 is 0. The number of pyridine rings is 1. The topological polar surface area (TPSA) is 42.2 Å². The number of aromatic nitrogens is 1. The molecule has 18 heavy (non-hydrogen) atoms. The van der Waals surface area contributed by atoms with Gasteiger partial charge < -0.3 is 10.6 Å². The lowest BCUT2D eigenvalue weighted by molar-refractivity contribution is 0.873. The molecule has 0 fully saturated rings. The van der Waals surface area contributed by atoms with Crippen molar-refractivity contribution in [1.82, 2.24) is 4.98 Å². The number of nitrogens with two attached hydrogens (primary N) is 1. The van der Waals surface area contributed by atoms with Crippen LogP contribution in [0.1, 0.15) is 12.6 Å². The van der Waals surface area contributed by atoms with Gasteiger partial charge in [-0.05, 0) is 18.4 Å². The quantitative estimate of drug-likeness (QED) is 0.818. The van der Waals surface area contributed by atoms with Crippen molar-refractivity contribution in [3.63, 3.8) is 0 Å². The summed E-state index contributed by atoms with van der Waals surface area (Å²) in [6, 6.07) is 10.3. The summed E-state index contributed by atoms with van der Waals surface area (Å²) in [5.41, 5.74) is 6.65. The van der Waals surface area contributed by atoms with Crippen molar-refractivity contribution in [3.8, 4) is 0 Å². The highest BCUT2D eigenvalue weighted by atomic mass is 15.2. The molecule has 0 aliphatic heterocycles. The Morgan fingerprint density at radius 2 is 2.17 bits per heavy atom. The van der Waals surface area contributed by atoms with Crippen LogP contribution in [0.2, 0.25) is 0 Å². The number of likely N-dealkylation sites (N-methyl/N-ethyl adjacent to an activating group) is 1. The van der Waals surface area contributed by atoms with Gasteiger partial charge >= 0.3 is 0 Å². The van der Waals surface area contributed by atoms with Crippen molar-refractivity contribution in [3.05, 3.63) is 48.7 Å². The van der Waals surface area contributed by atoms with E-state index in [4.69, 9.17) is 5.73 Å². The van der Waals surface area contributed by atoms with Crippen LogP contribution < -0.4 is 10.6 Å². The molecule has 3 heteroatoms. The van der Waals surface area contributed by atoms with Gasteiger partial charge in [-0.25, -0.2) is 4.98 Å². The Balaban J connectivity index is 2.62. The highest BCUT2D eigenvalue weighted by molar-refractivity contribution is 5.92. The smallest absolute Gasteiger partial charge is 0.137 e. The van der Waals surface area contributed by atoms with E-state index >= 15 is 0 Å². The molecule has 2 rings (SSSR count). The number of hydrogen-bond acceptors (Lipinski definition) is 3. The van der Waals surface area contributed by atoms with E-state index in [1.165, 1.54) is 10.8 Å². The third-order valence-corrected chi connectivity index (χ3v) is 3.01. The summed E-state index contributed by atoms with van der Waals surface area (Å²) in [5, 5.41) is 2.35. The molecule has 0 amide bonds. The van der Waals surface area contributed by atoms with Gasteiger partial charge in [0.2, 0.25) is 0 Å². The predicted octanol–water partition coefficient (Wildman–Crippen LogP) is 2.71. The molecule has 1 aromatic heterocycles. The number of anilines is 1. The standard InChI is InChI=1S/C15H19N3/c1-3-9-18(4-2)15-14-8-6-5-7-12(14)10-13(11-16)17-15/h3,5-8,10H,1,4,9,11,16H2,2H3. The normalized spacial score (nSPS) is 10.6. The third kappa shape index (κ3) is 2.36. The van der Waals surface area contributed by atoms with Gasteiger partial charge in [-0.1, -0.05) is 30.3 Å². The lowest BCUT2D eigenvalue weighted by Gasteiger charge is -2.22. The Bertz CT molecular complexity index is 548. The van der Waals surface area contributed by atoms with Crippen LogP contribution in [0.4, 0.5) is 5.82 Å². The first kappa shape index (κ1) is 12.6. The van der Waals surface area contributed by atoms with Gasteiger partial charge in [0.15, 0.2) is 0 Å². The Morgan fingerprint density at radius 1 is 1.39 bits per heavy atom. The summed E-state index contributed by atoms with van der Waals surface area (Å²) in [6.45, 7) is 8.08. The maximum Gasteiger partial charge on any atom is 0.137 e. The molecule has 0 saturated heterocycles. The van der Waals surface area contributed by atoms with E-state index in [2.05, 4.69) is 41.6 Å². The molecule has 0 aliphatic rings. The van der Waals surface area contributed by atoms with Crippen LogP contribution in [0.25, 0.3) is 10.8 Å². The minimum Gasteiger partial charge on any atom is -0.353 e. The maximum atomic E-state index is 5.72. The van der Waals surface area contributed by atoms with E-state index in [1.54, 1.807) is 0 Å². The predicted molar refractivity (Wildman–Crippen MR) is 77.7 cm³/mol. The van der Waals surface area contributed by atoms with Crippen molar-refractivity contribution in [2.24, 2.45) is 5.73 Å². The van der Waals surface area contributed by atoms with E-state index in [0.29, 0.717) is 6.54 Å². The van der Waals surface area contributed by atoms with Gasteiger partial charge in [-0.15, -0.1) is 6.58 Å². The molecule has 0 spiro atoms. The van der Waals surface area contributed by atoms with Gasteiger partial charge in [0, 0.05) is 25.0 Å². The molecule has 1 aromatic carbocycles. The first-order chi connectivity index (χ1) is 8.80. The first-order valence-corrected chi connectivity index (χ1v) is 6.24. The fraction of sp³-hybridized carbons (Fsp3) is 0.267. The van der Waals surface area contributed by atoms with Crippen LogP contribution in [0, 0.1) is 0 Å². The Labute approximate surface area is 108 Å². The summed E-state index contributed by atoms with van der Waals surface area (Å²) < 4.78 is 0. The van der Waals surface area contributed by atoms with Crippen LogP contribution in [0.5, 0.6) is 0 Å². The molecule has 0 aliphatic carbocycles. The molecule has 0 unspecified atom stereocenters. The van der Waals surface area contributed by atoms with Crippen LogP contribution in [0.15, 0.2) is 43.0 Å². The Kier molecular flexibility index (Phi) is 3.95. The fourth-order valence-corrected chi connectivity index (χ4v) is 2.10. The Morgan fingerprint density at radius 3 is 2.83 bits per heavy atom. The summed E-state index contributed by atoms with van der Waals surface area (Å²) in [6.07, 6.45) is 1.90. The maximum absolute atomic E-state index is 5.72. The summed E-state index contributed by atoms with van der Waals surface area (Å²) in [5.74, 6) is 0.996. The first-order valence-electron chi connectivity index (χ1n) is 6.24. The second-order valence-electron chi connectivity index (χ2n) is 4.19. The Hall–Kier alpha value is -1.87. The molecule has 0 bridgehead atoms. The van der Waals surface area contributed by atoms with Crippen molar-refractivity contribution in [2.45, 2.75) is 13.5 Å². The van der Waals surface area contributed by atoms with Crippen molar-refractivity contribution in [2.75, 3.05) is 18.0 Å². The van der Waals surface area contributed by atoms with Crippen molar-refractivity contribution in [1.29, 1.82) is 0 Å². The van der Waals surface area contributed by atoms with Crippen molar-refractivity contribution < 1.29 is 0 Å². The van der Waals surface area contributed by atoms with Crippen molar-refractivity contribution >= 4 is 16.6 Å². The number of nitrogens with zero attached hydrogens (tertiary/aromatic N) is 2. The number of hydrogen-bond donors (Lipinski definition) is 1. The number of rotatable bonds is 5. The van der Waals surface area contributed by atoms with Crippen LogP contribution in [0.3, 0.4) is 0 Å². The zero-order valence-electron chi connectivity index (χ0n) is 10.8. The average molecular weight is 241 g/mol. The monoisotopic (exact) mass is 241 g/mol. The molecule has 3 nitrogen and oxygen atoms in total. The highest BCUT2D eigenvalue weighted by Gasteiger charge is 2.10. The molecular formula is C15H19N3. The second kappa shape index (κ2) is 5.65. The van der Waals surface area contributed by atoms with Gasteiger partial charge in [-0.2, -0.15) is 0 Å². The van der Waals surface area contributed by atoms with Gasteiger partial charge in [0.05, 0.1) is 5.69 Å². The molecule has 2 N–H and O–H groups in total. The van der Waals surface area contributed by atoms with E-state index in [1.807, 2.05) is 18.2 Å². The van der Waals surface area contributed by atoms with E-state index in [-0.39, 0.29) is 0 Å².